The highest BCUT2D eigenvalue weighted by atomic mass is 79.9. The standard InChI is InChI=1S/C10H6BrF2N3O/c1-16-8(10(11)14-15-16)9(17)5-2-6(12)4-7(13)3-5/h2-4H,1H3. The van der Waals surface area contributed by atoms with Gasteiger partial charge in [-0.2, -0.15) is 0 Å². The predicted molar refractivity (Wildman–Crippen MR) is 58.5 cm³/mol. The maximum absolute atomic E-state index is 13.0. The minimum absolute atomic E-state index is 0.0893. The maximum Gasteiger partial charge on any atom is 0.214 e. The minimum atomic E-state index is -0.806. The second-order valence-corrected chi connectivity index (χ2v) is 4.09. The molecule has 4 nitrogen and oxygen atoms in total. The van der Waals surface area contributed by atoms with Crippen LogP contribution >= 0.6 is 15.9 Å². The Morgan fingerprint density at radius 1 is 1.29 bits per heavy atom. The lowest BCUT2D eigenvalue weighted by atomic mass is 10.1. The van der Waals surface area contributed by atoms with Crippen molar-refractivity contribution in [2.75, 3.05) is 0 Å². The van der Waals surface area contributed by atoms with Gasteiger partial charge < -0.3 is 0 Å². The lowest BCUT2D eigenvalue weighted by molar-refractivity contribution is 0.102. The largest absolute Gasteiger partial charge is 0.287 e. The van der Waals surface area contributed by atoms with Gasteiger partial charge in [0.2, 0.25) is 5.78 Å². The zero-order valence-corrected chi connectivity index (χ0v) is 10.2. The van der Waals surface area contributed by atoms with Gasteiger partial charge in [-0.25, -0.2) is 13.5 Å². The summed E-state index contributed by atoms with van der Waals surface area (Å²) in [6.45, 7) is 0. The Morgan fingerprint density at radius 3 is 2.35 bits per heavy atom. The summed E-state index contributed by atoms with van der Waals surface area (Å²) < 4.78 is 27.4. The van der Waals surface area contributed by atoms with E-state index in [0.717, 1.165) is 12.1 Å². The van der Waals surface area contributed by atoms with Crippen LogP contribution < -0.4 is 0 Å². The number of benzene rings is 1. The van der Waals surface area contributed by atoms with Crippen LogP contribution in [0.2, 0.25) is 0 Å². The Balaban J connectivity index is 2.51. The molecule has 0 radical (unpaired) electrons. The number of carbonyl (C=O) groups is 1. The third-order valence-corrected chi connectivity index (χ3v) is 2.66. The van der Waals surface area contributed by atoms with Crippen molar-refractivity contribution in [3.05, 3.63) is 45.7 Å². The topological polar surface area (TPSA) is 47.8 Å². The summed E-state index contributed by atoms with van der Waals surface area (Å²) in [4.78, 5) is 12.0. The van der Waals surface area contributed by atoms with E-state index in [0.29, 0.717) is 6.07 Å². The number of halogens is 3. The molecule has 0 fully saturated rings. The summed E-state index contributed by atoms with van der Waals surface area (Å²) >= 11 is 3.05. The van der Waals surface area contributed by atoms with Crippen LogP contribution in [0.5, 0.6) is 0 Å². The first kappa shape index (κ1) is 11.8. The first-order chi connectivity index (χ1) is 7.99. The first-order valence-corrected chi connectivity index (χ1v) is 5.34. The molecule has 2 aromatic rings. The van der Waals surface area contributed by atoms with Gasteiger partial charge in [0.1, 0.15) is 17.3 Å². The molecule has 0 amide bonds. The molecule has 2 rings (SSSR count). The Morgan fingerprint density at radius 2 is 1.88 bits per heavy atom. The summed E-state index contributed by atoms with van der Waals surface area (Å²) in [7, 11) is 1.51. The molecule has 7 heteroatoms. The fourth-order valence-electron chi connectivity index (χ4n) is 1.39. The summed E-state index contributed by atoms with van der Waals surface area (Å²) in [6.07, 6.45) is 0. The van der Waals surface area contributed by atoms with Crippen LogP contribution in [-0.4, -0.2) is 20.8 Å². The van der Waals surface area contributed by atoms with Gasteiger partial charge in [-0.05, 0) is 28.1 Å². The third-order valence-electron chi connectivity index (χ3n) is 2.13. The van der Waals surface area contributed by atoms with Crippen molar-refractivity contribution in [2.45, 2.75) is 0 Å². The molecule has 88 valence electrons. The summed E-state index contributed by atoms with van der Waals surface area (Å²) in [5.74, 6) is -2.16. The van der Waals surface area contributed by atoms with Crippen molar-refractivity contribution < 1.29 is 13.6 Å². The van der Waals surface area contributed by atoms with Gasteiger partial charge >= 0.3 is 0 Å². The molecule has 1 aromatic carbocycles. The molecule has 0 spiro atoms. The van der Waals surface area contributed by atoms with E-state index in [9.17, 15) is 13.6 Å². The molecule has 1 heterocycles. The van der Waals surface area contributed by atoms with Gasteiger partial charge in [-0.3, -0.25) is 4.79 Å². The Bertz CT molecular complexity index is 557. The lowest BCUT2D eigenvalue weighted by Gasteiger charge is -2.02. The van der Waals surface area contributed by atoms with E-state index in [1.54, 1.807) is 0 Å². The van der Waals surface area contributed by atoms with Gasteiger partial charge in [0.25, 0.3) is 0 Å². The summed E-state index contributed by atoms with van der Waals surface area (Å²) in [5, 5.41) is 7.25. The van der Waals surface area contributed by atoms with Crippen molar-refractivity contribution in [1.82, 2.24) is 15.0 Å². The SMILES string of the molecule is Cn1nnc(Br)c1C(=O)c1cc(F)cc(F)c1. The Labute approximate surface area is 103 Å². The van der Waals surface area contributed by atoms with Crippen LogP contribution in [0.3, 0.4) is 0 Å². The highest BCUT2D eigenvalue weighted by Crippen LogP contribution is 2.18. The van der Waals surface area contributed by atoms with Crippen LogP contribution in [0.25, 0.3) is 0 Å². The van der Waals surface area contributed by atoms with Crippen molar-refractivity contribution in [1.29, 1.82) is 0 Å². The number of rotatable bonds is 2. The van der Waals surface area contributed by atoms with Gasteiger partial charge in [-0.15, -0.1) is 5.10 Å². The highest BCUT2D eigenvalue weighted by Gasteiger charge is 2.19. The van der Waals surface area contributed by atoms with Crippen molar-refractivity contribution >= 4 is 21.7 Å². The van der Waals surface area contributed by atoms with Crippen LogP contribution in [0, 0.1) is 11.6 Å². The highest BCUT2D eigenvalue weighted by molar-refractivity contribution is 9.10. The summed E-state index contributed by atoms with van der Waals surface area (Å²) in [6, 6.07) is 2.63. The number of nitrogens with zero attached hydrogens (tertiary/aromatic N) is 3. The van der Waals surface area contributed by atoms with Crippen LogP contribution in [0.1, 0.15) is 16.1 Å². The molecule has 0 aliphatic heterocycles. The van der Waals surface area contributed by atoms with Crippen molar-refractivity contribution in [3.63, 3.8) is 0 Å². The first-order valence-electron chi connectivity index (χ1n) is 4.55. The predicted octanol–water partition coefficient (Wildman–Crippen LogP) is 2.09. The number of hydrogen-bond acceptors (Lipinski definition) is 3. The Hall–Kier alpha value is -1.63. The van der Waals surface area contributed by atoms with Crippen LogP contribution in [0.15, 0.2) is 22.8 Å². The quantitative estimate of drug-likeness (QED) is 0.798. The minimum Gasteiger partial charge on any atom is -0.287 e. The number of aryl methyl sites for hydroxylation is 1. The van der Waals surface area contributed by atoms with Crippen molar-refractivity contribution in [3.8, 4) is 0 Å². The van der Waals surface area contributed by atoms with Crippen LogP contribution in [-0.2, 0) is 7.05 Å². The second kappa shape index (κ2) is 4.33. The fourth-order valence-corrected chi connectivity index (χ4v) is 1.90. The molecule has 0 aliphatic rings. The number of aromatic nitrogens is 3. The number of hydrogen-bond donors (Lipinski definition) is 0. The van der Waals surface area contributed by atoms with E-state index in [-0.39, 0.29) is 15.9 Å². The van der Waals surface area contributed by atoms with Gasteiger partial charge in [-0.1, -0.05) is 5.21 Å². The van der Waals surface area contributed by atoms with Crippen molar-refractivity contribution in [2.24, 2.45) is 7.05 Å². The van der Waals surface area contributed by atoms with Crippen LogP contribution in [0.4, 0.5) is 8.78 Å². The molecule has 0 unspecified atom stereocenters. The second-order valence-electron chi connectivity index (χ2n) is 3.34. The number of ketones is 1. The molecular weight excluding hydrogens is 296 g/mol. The molecular formula is C10H6BrF2N3O. The third kappa shape index (κ3) is 2.23. The molecule has 0 saturated carbocycles. The lowest BCUT2D eigenvalue weighted by Crippen LogP contribution is -2.09. The van der Waals surface area contributed by atoms with Gasteiger partial charge in [0, 0.05) is 18.7 Å². The van der Waals surface area contributed by atoms with E-state index >= 15 is 0 Å². The molecule has 0 aliphatic carbocycles. The normalized spacial score (nSPS) is 10.6. The molecule has 0 bridgehead atoms. The monoisotopic (exact) mass is 301 g/mol. The van der Waals surface area contributed by atoms with E-state index < -0.39 is 17.4 Å². The Kier molecular flexibility index (Phi) is 3.01. The van der Waals surface area contributed by atoms with E-state index in [2.05, 4.69) is 26.2 Å². The molecule has 0 saturated heterocycles. The van der Waals surface area contributed by atoms with Gasteiger partial charge in [0.05, 0.1) is 0 Å². The zero-order chi connectivity index (χ0) is 12.6. The molecule has 0 N–H and O–H groups in total. The smallest absolute Gasteiger partial charge is 0.214 e. The average Bonchev–Trinajstić information content (AvgIpc) is 2.56. The molecule has 0 atom stereocenters. The van der Waals surface area contributed by atoms with E-state index in [4.69, 9.17) is 0 Å². The summed E-state index contributed by atoms with van der Waals surface area (Å²) in [5.41, 5.74) is 0.0450. The molecule has 17 heavy (non-hydrogen) atoms. The van der Waals surface area contributed by atoms with E-state index in [1.807, 2.05) is 0 Å². The number of carbonyl (C=O) groups excluding carboxylic acids is 1. The molecule has 1 aromatic heterocycles. The zero-order valence-electron chi connectivity index (χ0n) is 8.62. The average molecular weight is 302 g/mol. The fraction of sp³-hybridized carbons (Fsp3) is 0.100. The maximum atomic E-state index is 13.0. The van der Waals surface area contributed by atoms with E-state index in [1.165, 1.54) is 11.7 Å². The van der Waals surface area contributed by atoms with Gasteiger partial charge in [0.15, 0.2) is 4.60 Å².